The molecule has 9 heteroatoms. The van der Waals surface area contributed by atoms with Crippen LogP contribution in [0, 0.1) is 0 Å². The van der Waals surface area contributed by atoms with Crippen molar-refractivity contribution in [1.29, 1.82) is 0 Å². The van der Waals surface area contributed by atoms with Gasteiger partial charge in [0, 0.05) is 0 Å². The smallest absolute Gasteiger partial charge is 0.371 e. The molecule has 0 spiro atoms. The lowest BCUT2D eigenvalue weighted by Crippen LogP contribution is -2.28. The van der Waals surface area contributed by atoms with E-state index in [1.165, 1.54) is 17.8 Å². The van der Waals surface area contributed by atoms with Crippen LogP contribution in [-0.4, -0.2) is 28.8 Å². The predicted molar refractivity (Wildman–Crippen MR) is 151 cm³/mol. The lowest BCUT2D eigenvalue weighted by atomic mass is 10.1. The van der Waals surface area contributed by atoms with Gasteiger partial charge in [0.2, 0.25) is 5.76 Å². The summed E-state index contributed by atoms with van der Waals surface area (Å²) >= 11 is 1.30. The number of thioether (sulfide) groups is 1. The molecule has 0 radical (unpaired) electrons. The normalized spacial score (nSPS) is 15.2. The minimum absolute atomic E-state index is 0.0352. The zero-order chi connectivity index (χ0) is 27.2. The number of carboxylic acid groups (broad SMARTS) is 1. The van der Waals surface area contributed by atoms with Gasteiger partial charge in [-0.3, -0.25) is 9.69 Å². The average molecular weight is 541 g/mol. The summed E-state index contributed by atoms with van der Waals surface area (Å²) in [5.74, 6) is -0.137. The number of hydrogen-bond donors (Lipinski definition) is 1. The predicted octanol–water partition coefficient (Wildman–Crippen LogP) is 6.76. The lowest BCUT2D eigenvalue weighted by molar-refractivity contribution is -0.113. The Balaban J connectivity index is 1.42. The summed E-state index contributed by atoms with van der Waals surface area (Å²) in [6.07, 6.45) is 1.80. The highest BCUT2D eigenvalue weighted by molar-refractivity contribution is 8.19. The van der Waals surface area contributed by atoms with Crippen LogP contribution in [-0.2, 0) is 11.4 Å². The molecular formula is C30H24N2O6S. The van der Waals surface area contributed by atoms with Crippen molar-refractivity contribution in [3.63, 3.8) is 0 Å². The molecule has 0 saturated carbocycles. The maximum absolute atomic E-state index is 13.5. The fraction of sp³-hybridized carbons (Fsp3) is 0.100. The van der Waals surface area contributed by atoms with E-state index in [1.54, 1.807) is 29.2 Å². The third-order valence-electron chi connectivity index (χ3n) is 5.61. The Labute approximate surface area is 229 Å². The number of benzene rings is 3. The number of aliphatic imine (C=N–C) groups is 1. The number of para-hydroxylation sites is 2. The first-order valence-electron chi connectivity index (χ1n) is 12.2. The second-order valence-corrected chi connectivity index (χ2v) is 9.32. The zero-order valence-electron chi connectivity index (χ0n) is 20.9. The molecule has 1 aromatic heterocycles. The van der Waals surface area contributed by atoms with Gasteiger partial charge >= 0.3 is 5.97 Å². The van der Waals surface area contributed by atoms with Crippen molar-refractivity contribution in [2.75, 3.05) is 11.5 Å². The first kappa shape index (κ1) is 25.9. The fourth-order valence-corrected chi connectivity index (χ4v) is 4.84. The molecule has 1 amide bonds. The molecule has 2 heterocycles. The van der Waals surface area contributed by atoms with Crippen LogP contribution in [0.1, 0.15) is 28.8 Å². The molecule has 196 valence electrons. The second-order valence-electron chi connectivity index (χ2n) is 8.32. The molecule has 0 aliphatic carbocycles. The minimum Gasteiger partial charge on any atom is -0.490 e. The molecule has 3 aromatic carbocycles. The van der Waals surface area contributed by atoms with Gasteiger partial charge in [-0.1, -0.05) is 42.5 Å². The molecule has 1 aliphatic heterocycles. The van der Waals surface area contributed by atoms with E-state index in [2.05, 4.69) is 0 Å². The van der Waals surface area contributed by atoms with Crippen molar-refractivity contribution in [3.8, 4) is 11.5 Å². The number of nitrogens with zero attached hydrogens (tertiary/aromatic N) is 2. The van der Waals surface area contributed by atoms with Crippen molar-refractivity contribution in [2.24, 2.45) is 4.99 Å². The fourth-order valence-electron chi connectivity index (χ4n) is 3.84. The van der Waals surface area contributed by atoms with E-state index in [-0.39, 0.29) is 18.3 Å². The minimum atomic E-state index is -1.14. The van der Waals surface area contributed by atoms with Crippen LogP contribution < -0.4 is 14.4 Å². The van der Waals surface area contributed by atoms with Gasteiger partial charge < -0.3 is 19.0 Å². The molecule has 1 fully saturated rings. The standard InChI is InChI=1S/C30H24N2O6S/c1-2-36-26-17-20(13-15-24(26)37-19-23-14-16-25(38-23)29(34)35)18-27-28(33)32(22-11-7-4-8-12-22)30(39-27)31-21-9-5-3-6-10-21/h3-18H,2,19H2,1H3,(H,34,35). The number of rotatable bonds is 9. The Hall–Kier alpha value is -4.76. The van der Waals surface area contributed by atoms with Gasteiger partial charge in [0.1, 0.15) is 12.4 Å². The molecule has 39 heavy (non-hydrogen) atoms. The number of anilines is 1. The van der Waals surface area contributed by atoms with Crippen LogP contribution >= 0.6 is 11.8 Å². The third kappa shape index (κ3) is 6.05. The Morgan fingerprint density at radius 2 is 1.72 bits per heavy atom. The first-order valence-corrected chi connectivity index (χ1v) is 13.0. The van der Waals surface area contributed by atoms with Crippen molar-refractivity contribution >= 4 is 46.3 Å². The SMILES string of the molecule is CCOc1cc(C=C2SC(=Nc3ccccc3)N(c3ccccc3)C2=O)ccc1OCc1ccc(C(=O)O)o1. The van der Waals surface area contributed by atoms with Crippen LogP contribution in [0.4, 0.5) is 11.4 Å². The molecule has 0 unspecified atom stereocenters. The van der Waals surface area contributed by atoms with E-state index in [0.29, 0.717) is 33.9 Å². The number of amides is 1. The molecule has 1 saturated heterocycles. The summed E-state index contributed by atoms with van der Waals surface area (Å²) in [6, 6.07) is 27.2. The number of carboxylic acids is 1. The van der Waals surface area contributed by atoms with Gasteiger partial charge in [-0.2, -0.15) is 0 Å². The molecular weight excluding hydrogens is 516 g/mol. The maximum Gasteiger partial charge on any atom is 0.371 e. The van der Waals surface area contributed by atoms with Crippen molar-refractivity contribution in [3.05, 3.63) is 113 Å². The summed E-state index contributed by atoms with van der Waals surface area (Å²) in [7, 11) is 0. The highest BCUT2D eigenvalue weighted by Crippen LogP contribution is 2.38. The molecule has 4 aromatic rings. The number of carbonyl (C=O) groups is 2. The molecule has 0 bridgehead atoms. The topological polar surface area (TPSA) is 102 Å². The number of hydrogen-bond acceptors (Lipinski definition) is 7. The lowest BCUT2D eigenvalue weighted by Gasteiger charge is -2.15. The van der Waals surface area contributed by atoms with E-state index in [1.807, 2.05) is 73.7 Å². The zero-order valence-corrected chi connectivity index (χ0v) is 21.8. The highest BCUT2D eigenvalue weighted by atomic mass is 32.2. The summed E-state index contributed by atoms with van der Waals surface area (Å²) in [4.78, 5) is 31.5. The number of ether oxygens (including phenoxy) is 2. The summed E-state index contributed by atoms with van der Waals surface area (Å²) in [6.45, 7) is 2.30. The first-order chi connectivity index (χ1) is 19.0. The van der Waals surface area contributed by atoms with Crippen molar-refractivity contribution < 1.29 is 28.6 Å². The van der Waals surface area contributed by atoms with E-state index in [0.717, 1.165) is 16.9 Å². The summed E-state index contributed by atoms with van der Waals surface area (Å²) in [5.41, 5.74) is 2.24. The van der Waals surface area contributed by atoms with Gasteiger partial charge in [0.25, 0.3) is 5.91 Å². The van der Waals surface area contributed by atoms with E-state index in [4.69, 9.17) is 24.0 Å². The Morgan fingerprint density at radius 1 is 0.974 bits per heavy atom. The molecule has 8 nitrogen and oxygen atoms in total. The number of aromatic carboxylic acids is 1. The van der Waals surface area contributed by atoms with Crippen molar-refractivity contribution in [1.82, 2.24) is 0 Å². The number of furan rings is 1. The van der Waals surface area contributed by atoms with Gasteiger partial charge in [-0.15, -0.1) is 0 Å². The molecule has 0 atom stereocenters. The maximum atomic E-state index is 13.5. The van der Waals surface area contributed by atoms with Gasteiger partial charge in [-0.25, -0.2) is 9.79 Å². The van der Waals surface area contributed by atoms with Crippen LogP contribution in [0.5, 0.6) is 11.5 Å². The molecule has 1 aliphatic rings. The van der Waals surface area contributed by atoms with Crippen LogP contribution in [0.15, 0.2) is 105 Å². The van der Waals surface area contributed by atoms with Crippen LogP contribution in [0.3, 0.4) is 0 Å². The van der Waals surface area contributed by atoms with Crippen LogP contribution in [0.2, 0.25) is 0 Å². The molecule has 1 N–H and O–H groups in total. The van der Waals surface area contributed by atoms with Gasteiger partial charge in [0.15, 0.2) is 16.7 Å². The number of amidine groups is 1. The van der Waals surface area contributed by atoms with E-state index in [9.17, 15) is 9.59 Å². The Morgan fingerprint density at radius 3 is 2.41 bits per heavy atom. The Kier molecular flexibility index (Phi) is 7.79. The Bertz CT molecular complexity index is 1550. The average Bonchev–Trinajstić information content (AvgIpc) is 3.54. The summed E-state index contributed by atoms with van der Waals surface area (Å²) in [5, 5.41) is 9.60. The quantitative estimate of drug-likeness (QED) is 0.234. The van der Waals surface area contributed by atoms with Gasteiger partial charge in [0.05, 0.1) is 22.9 Å². The third-order valence-corrected chi connectivity index (χ3v) is 6.58. The second kappa shape index (κ2) is 11.7. The molecule has 5 rings (SSSR count). The monoisotopic (exact) mass is 540 g/mol. The van der Waals surface area contributed by atoms with Crippen molar-refractivity contribution in [2.45, 2.75) is 13.5 Å². The van der Waals surface area contributed by atoms with Crippen LogP contribution in [0.25, 0.3) is 6.08 Å². The largest absolute Gasteiger partial charge is 0.490 e. The number of carbonyl (C=O) groups excluding carboxylic acids is 1. The van der Waals surface area contributed by atoms with E-state index >= 15 is 0 Å². The van der Waals surface area contributed by atoms with E-state index < -0.39 is 5.97 Å². The van der Waals surface area contributed by atoms with Gasteiger partial charge in [-0.05, 0) is 78.9 Å². The highest BCUT2D eigenvalue weighted by Gasteiger charge is 2.34. The summed E-state index contributed by atoms with van der Waals surface area (Å²) < 4.78 is 16.9.